The first-order valence-electron chi connectivity index (χ1n) is 23.5. The van der Waals surface area contributed by atoms with Crippen LogP contribution in [0.3, 0.4) is 0 Å². The molecule has 2 aliphatic heterocycles. The Balaban J connectivity index is 0.912. The third-order valence-corrected chi connectivity index (χ3v) is 13.6. The fraction of sp³-hybridized carbons (Fsp3) is 0.396. The van der Waals surface area contributed by atoms with Gasteiger partial charge in [0.2, 0.25) is 23.6 Å². The number of hydrogen-bond acceptors (Lipinski definition) is 10. The van der Waals surface area contributed by atoms with Crippen LogP contribution < -0.4 is 27.7 Å². The van der Waals surface area contributed by atoms with Gasteiger partial charge in [-0.3, -0.25) is 29.0 Å². The Morgan fingerprint density at radius 3 is 1.49 bits per heavy atom. The van der Waals surface area contributed by atoms with Crippen molar-refractivity contribution in [3.63, 3.8) is 0 Å². The van der Waals surface area contributed by atoms with Gasteiger partial charge in [-0.15, -0.1) is 0 Å². The number of benzene rings is 4. The Morgan fingerprint density at radius 1 is 0.662 bits per heavy atom. The molecule has 4 atom stereocenters. The number of nitrogens with two attached hydrogens (primary N) is 2. The quantitative estimate of drug-likeness (QED) is 0.0706. The van der Waals surface area contributed by atoms with Crippen molar-refractivity contribution >= 4 is 23.6 Å². The molecule has 0 bridgehead atoms. The van der Waals surface area contributed by atoms with E-state index in [9.17, 15) is 34.2 Å². The number of amides is 4. The van der Waals surface area contributed by atoms with E-state index in [0.29, 0.717) is 62.2 Å². The van der Waals surface area contributed by atoms with E-state index in [1.807, 2.05) is 83.1 Å². The van der Waals surface area contributed by atoms with Crippen LogP contribution in [0.2, 0.25) is 0 Å². The van der Waals surface area contributed by atoms with Crippen LogP contribution >= 0.6 is 0 Å². The zero-order valence-corrected chi connectivity index (χ0v) is 39.7. The Morgan fingerprint density at radius 2 is 1.06 bits per heavy atom. The monoisotopic (exact) mass is 924 g/mol. The smallest absolute Gasteiger partial charge is 0.269 e. The minimum Gasteiger partial charge on any atom is -0.508 e. The number of aryl methyl sites for hydroxylation is 7. The molecule has 15 heteroatoms. The zero-order valence-electron chi connectivity index (χ0n) is 39.7. The summed E-state index contributed by atoms with van der Waals surface area (Å²) in [6, 6.07) is 18.8. The highest BCUT2D eigenvalue weighted by atomic mass is 16.3. The number of nitrogens with zero attached hydrogens (tertiary/aromatic N) is 3. The van der Waals surface area contributed by atoms with Crippen LogP contribution in [-0.4, -0.2) is 90.9 Å². The summed E-state index contributed by atoms with van der Waals surface area (Å²) in [4.78, 5) is 79.5. The number of aromatic amines is 1. The normalized spacial score (nSPS) is 16.3. The highest BCUT2D eigenvalue weighted by Gasteiger charge is 2.38. The van der Waals surface area contributed by atoms with Crippen LogP contribution in [0.4, 0.5) is 0 Å². The maximum Gasteiger partial charge on any atom is 0.269 e. The molecule has 4 unspecified atom stereocenters. The Labute approximate surface area is 397 Å². The molecule has 5 aromatic rings. The molecule has 68 heavy (non-hydrogen) atoms. The number of hydrogen-bond donors (Lipinski definition) is 7. The van der Waals surface area contributed by atoms with E-state index in [2.05, 4.69) is 20.6 Å². The van der Waals surface area contributed by atoms with Gasteiger partial charge in [0, 0.05) is 44.7 Å². The molecular formula is C53H64N8O7. The fourth-order valence-corrected chi connectivity index (χ4v) is 9.82. The third-order valence-electron chi connectivity index (χ3n) is 13.6. The molecule has 4 aromatic carbocycles. The summed E-state index contributed by atoms with van der Waals surface area (Å²) in [5.74, 6) is -0.931. The van der Waals surface area contributed by atoms with Crippen molar-refractivity contribution in [2.45, 2.75) is 123 Å². The van der Waals surface area contributed by atoms with Crippen LogP contribution in [0.15, 0.2) is 77.6 Å². The van der Waals surface area contributed by atoms with Crippen LogP contribution in [0.5, 0.6) is 11.5 Å². The van der Waals surface area contributed by atoms with Gasteiger partial charge in [0.15, 0.2) is 0 Å². The van der Waals surface area contributed by atoms with E-state index in [1.54, 1.807) is 34.1 Å². The lowest BCUT2D eigenvalue weighted by molar-refractivity contribution is -0.142. The van der Waals surface area contributed by atoms with E-state index in [4.69, 9.17) is 11.5 Å². The number of carbonyl (C=O) groups excluding carboxylic acids is 4. The number of rotatable bonds is 16. The molecule has 15 nitrogen and oxygen atoms in total. The average molecular weight is 925 g/mol. The van der Waals surface area contributed by atoms with Gasteiger partial charge in [-0.05, 0) is 153 Å². The maximum atomic E-state index is 14.0. The van der Waals surface area contributed by atoms with Gasteiger partial charge >= 0.3 is 0 Å². The number of phenolic OH excluding ortho intramolecular Hbond substituents is 2. The lowest BCUT2D eigenvalue weighted by Crippen LogP contribution is -2.56. The second kappa shape index (κ2) is 21.4. The fourth-order valence-electron chi connectivity index (χ4n) is 9.82. The first-order valence-corrected chi connectivity index (χ1v) is 23.5. The van der Waals surface area contributed by atoms with E-state index in [1.165, 1.54) is 0 Å². The van der Waals surface area contributed by atoms with Gasteiger partial charge in [-0.25, -0.2) is 0 Å². The standard InChI is InChI=1S/C53H64N8O7/c1-30-20-39(62)21-31(2)41(30)26-43(54)52(67)60-28-37-14-8-6-12-35(37)24-47(60)50(65)56-18-10-16-45-34(5)58-46(49(64)59-45)17-11-19-57-51(66)48-25-36-13-7-9-15-38(36)29-61(48)53(68)44(55)27-42-32(3)22-40(63)23-33(42)4/h6-9,12-15,20-23,43-44,47-48,62-63H,10-11,16-19,24-29,54-55H2,1-5H3,(H,56,65)(H,57,66)(H,59,64). The van der Waals surface area contributed by atoms with Crippen LogP contribution in [0.1, 0.15) is 85.6 Å². The summed E-state index contributed by atoms with van der Waals surface area (Å²) in [6.45, 7) is 10.4. The summed E-state index contributed by atoms with van der Waals surface area (Å²) >= 11 is 0. The second-order valence-corrected chi connectivity index (χ2v) is 18.5. The highest BCUT2D eigenvalue weighted by Crippen LogP contribution is 2.28. The highest BCUT2D eigenvalue weighted by molar-refractivity contribution is 5.91. The second-order valence-electron chi connectivity index (χ2n) is 18.5. The summed E-state index contributed by atoms with van der Waals surface area (Å²) in [6.07, 6.45) is 2.94. The third kappa shape index (κ3) is 11.3. The summed E-state index contributed by atoms with van der Waals surface area (Å²) in [5.41, 5.74) is 23.5. The van der Waals surface area contributed by atoms with Crippen LogP contribution in [-0.2, 0) is 70.8 Å². The Kier molecular flexibility index (Phi) is 15.5. The topological polar surface area (TPSA) is 237 Å². The van der Waals surface area contributed by atoms with Crippen LogP contribution in [0.25, 0.3) is 0 Å². The Hall–Kier alpha value is -6.84. The molecule has 7 rings (SSSR count). The number of carbonyl (C=O) groups is 4. The predicted molar refractivity (Wildman–Crippen MR) is 260 cm³/mol. The van der Waals surface area contributed by atoms with Crippen molar-refractivity contribution < 1.29 is 29.4 Å². The van der Waals surface area contributed by atoms with E-state index < -0.39 is 24.2 Å². The van der Waals surface area contributed by atoms with Gasteiger partial charge in [0.05, 0.1) is 17.8 Å². The van der Waals surface area contributed by atoms with E-state index >= 15 is 0 Å². The van der Waals surface area contributed by atoms with Crippen molar-refractivity contribution in [1.82, 2.24) is 30.4 Å². The van der Waals surface area contributed by atoms with E-state index in [-0.39, 0.29) is 73.2 Å². The molecule has 4 amide bonds. The van der Waals surface area contributed by atoms with E-state index in [0.717, 1.165) is 55.6 Å². The molecule has 0 saturated carbocycles. The Bertz CT molecular complexity index is 2720. The average Bonchev–Trinajstić information content (AvgIpc) is 3.31. The summed E-state index contributed by atoms with van der Waals surface area (Å²) < 4.78 is 0. The molecule has 3 heterocycles. The SMILES string of the molecule is Cc1cc(O)cc(C)c1CC(N)C(=O)N1Cc2ccccc2CC1C(=O)NCCCc1[nH]c(=O)c(CCCNC(=O)C2Cc3ccccc3CN2C(=O)C(N)Cc2c(C)cc(O)cc2C)nc1C. The van der Waals surface area contributed by atoms with Gasteiger partial charge in [0.1, 0.15) is 29.3 Å². The molecule has 9 N–H and O–H groups in total. The lowest BCUT2D eigenvalue weighted by atomic mass is 9.91. The number of fused-ring (bicyclic) bond motifs is 2. The molecule has 0 fully saturated rings. The maximum absolute atomic E-state index is 14.0. The molecule has 358 valence electrons. The minimum atomic E-state index is -0.896. The molecule has 0 saturated heterocycles. The van der Waals surface area contributed by atoms with Crippen LogP contribution in [0, 0.1) is 34.6 Å². The zero-order chi connectivity index (χ0) is 48.8. The lowest BCUT2D eigenvalue weighted by Gasteiger charge is -2.37. The molecule has 0 aliphatic carbocycles. The largest absolute Gasteiger partial charge is 0.508 e. The minimum absolute atomic E-state index is 0.152. The molecule has 0 spiro atoms. The molecule has 0 radical (unpaired) electrons. The first-order chi connectivity index (χ1) is 32.5. The van der Waals surface area contributed by atoms with Crippen molar-refractivity contribution in [3.8, 4) is 11.5 Å². The van der Waals surface area contributed by atoms with Gasteiger partial charge < -0.3 is 47.1 Å². The van der Waals surface area contributed by atoms with Gasteiger partial charge in [-0.1, -0.05) is 48.5 Å². The summed E-state index contributed by atoms with van der Waals surface area (Å²) in [7, 11) is 0. The molecule has 1 aromatic heterocycles. The number of phenols is 2. The first kappa shape index (κ1) is 49.1. The number of aromatic hydroxyl groups is 2. The van der Waals surface area contributed by atoms with Gasteiger partial charge in [-0.2, -0.15) is 0 Å². The molecule has 2 aliphatic rings. The van der Waals surface area contributed by atoms with Crippen molar-refractivity contribution in [2.24, 2.45) is 11.5 Å². The molecular weight excluding hydrogens is 861 g/mol. The van der Waals surface area contributed by atoms with Crippen molar-refractivity contribution in [2.75, 3.05) is 13.1 Å². The number of aromatic nitrogens is 2. The van der Waals surface area contributed by atoms with Crippen molar-refractivity contribution in [3.05, 3.63) is 156 Å². The van der Waals surface area contributed by atoms with Crippen molar-refractivity contribution in [1.29, 1.82) is 0 Å². The number of H-pyrrole nitrogens is 1. The number of nitrogens with one attached hydrogen (secondary N) is 3. The summed E-state index contributed by atoms with van der Waals surface area (Å²) in [5, 5.41) is 26.0. The predicted octanol–water partition coefficient (Wildman–Crippen LogP) is 3.87. The van der Waals surface area contributed by atoms with Gasteiger partial charge in [0.25, 0.3) is 5.56 Å².